The maximum absolute atomic E-state index is 14.0. The highest BCUT2D eigenvalue weighted by Crippen LogP contribution is 2.71. The highest BCUT2D eigenvalue weighted by atomic mass is 16.7. The second-order valence-electron chi connectivity index (χ2n) is 11.0. The number of Topliss-reactive ketones (excluding diaryl/α,β-unsaturated/α-hetero) is 1. The number of aliphatic hydroxyl groups excluding tert-OH is 1. The normalized spacial score (nSPS) is 53.5. The van der Waals surface area contributed by atoms with E-state index in [4.69, 9.17) is 14.7 Å². The minimum Gasteiger partial charge on any atom is -0.390 e. The molecule has 6 aliphatic rings. The van der Waals surface area contributed by atoms with Crippen LogP contribution in [0.4, 0.5) is 0 Å². The van der Waals surface area contributed by atoms with Gasteiger partial charge in [-0.3, -0.25) is 9.59 Å². The van der Waals surface area contributed by atoms with Crippen LogP contribution in [0.5, 0.6) is 0 Å². The molecule has 0 radical (unpaired) electrons. The van der Waals surface area contributed by atoms with Gasteiger partial charge in [0.2, 0.25) is 0 Å². The summed E-state index contributed by atoms with van der Waals surface area (Å²) >= 11 is 0. The zero-order valence-corrected chi connectivity index (χ0v) is 17.9. The molecule has 5 N–H and O–H groups in total. The summed E-state index contributed by atoms with van der Waals surface area (Å²) in [6.45, 7) is 8.56. The van der Waals surface area contributed by atoms with E-state index in [0.717, 1.165) is 12.8 Å². The summed E-state index contributed by atoms with van der Waals surface area (Å²) in [4.78, 5) is 27.1. The van der Waals surface area contributed by atoms with Gasteiger partial charge in [-0.05, 0) is 44.1 Å². The van der Waals surface area contributed by atoms with E-state index in [0.29, 0.717) is 6.54 Å². The number of aliphatic hydroxyl groups is 1. The fraction of sp³-hybridized carbons (Fsp3) is 0.818. The van der Waals surface area contributed by atoms with Crippen LogP contribution in [0.25, 0.3) is 0 Å². The highest BCUT2D eigenvalue weighted by molar-refractivity contribution is 6.03. The van der Waals surface area contributed by atoms with E-state index >= 15 is 0 Å². The number of nitrogens with one attached hydrogen (secondary N) is 1. The van der Waals surface area contributed by atoms with Crippen LogP contribution in [0.1, 0.15) is 40.5 Å². The molecule has 8 nitrogen and oxygen atoms in total. The quantitative estimate of drug-likeness (QED) is 0.329. The van der Waals surface area contributed by atoms with Gasteiger partial charge in [-0.25, -0.2) is 5.90 Å². The lowest BCUT2D eigenvalue weighted by Gasteiger charge is -2.64. The number of fused-ring (bicyclic) bond motifs is 3. The van der Waals surface area contributed by atoms with Crippen molar-refractivity contribution in [1.29, 1.82) is 0 Å². The first-order chi connectivity index (χ1) is 14.1. The first-order valence-corrected chi connectivity index (χ1v) is 10.9. The van der Waals surface area contributed by atoms with Crippen LogP contribution in [0.15, 0.2) is 12.2 Å². The number of nitrogens with two attached hydrogens (primary N) is 1. The molecule has 2 bridgehead atoms. The van der Waals surface area contributed by atoms with Crippen LogP contribution in [0.2, 0.25) is 0 Å². The van der Waals surface area contributed by atoms with Gasteiger partial charge in [0.25, 0.3) is 0 Å². The average molecular weight is 421 g/mol. The lowest BCUT2D eigenvalue weighted by atomic mass is 9.45. The molecule has 2 spiro atoms. The van der Waals surface area contributed by atoms with Crippen molar-refractivity contribution in [3.63, 3.8) is 0 Å². The first-order valence-electron chi connectivity index (χ1n) is 10.9. The third kappa shape index (κ3) is 2.17. The smallest absolute Gasteiger partial charge is 0.166 e. The second kappa shape index (κ2) is 5.99. The average Bonchev–Trinajstić information content (AvgIpc) is 3.47. The van der Waals surface area contributed by atoms with E-state index in [1.165, 1.54) is 0 Å². The third-order valence-electron chi connectivity index (χ3n) is 8.88. The molecule has 9 atom stereocenters. The monoisotopic (exact) mass is 420 g/mol. The molecule has 2 heterocycles. The fourth-order valence-corrected chi connectivity index (χ4v) is 7.86. The zero-order valence-electron chi connectivity index (χ0n) is 17.9. The lowest BCUT2D eigenvalue weighted by molar-refractivity contribution is -0.385. The molecule has 9 unspecified atom stereocenters. The van der Waals surface area contributed by atoms with Crippen molar-refractivity contribution in [3.05, 3.63) is 12.2 Å². The number of hydrogen-bond donors (Lipinski definition) is 4. The number of hydrogen-bond acceptors (Lipinski definition) is 8. The van der Waals surface area contributed by atoms with E-state index in [1.54, 1.807) is 6.08 Å². The standard InChI is InChI=1S/C22H29NO5.H3NO/c1-19(2)8-7-12(24)13-10-5-6-11-16-22(10,18(26)21(11)9-23-21)17(15(25)14(13)19)28-20(3,4)27-16;1-2/h7-8,10-11,13-17,23,25H,5-6,9H2,1-4H3;2H,1H2. The minimum absolute atomic E-state index is 0.0424. The third-order valence-corrected chi connectivity index (χ3v) is 8.88. The Bertz CT molecular complexity index is 833. The molecule has 0 aromatic heterocycles. The van der Waals surface area contributed by atoms with Crippen molar-refractivity contribution < 1.29 is 29.4 Å². The summed E-state index contributed by atoms with van der Waals surface area (Å²) < 4.78 is 12.8. The number of ether oxygens (including phenoxy) is 2. The summed E-state index contributed by atoms with van der Waals surface area (Å²) in [5.74, 6) is 2.12. The van der Waals surface area contributed by atoms with Crippen LogP contribution < -0.4 is 11.2 Å². The van der Waals surface area contributed by atoms with Crippen LogP contribution in [-0.4, -0.2) is 58.1 Å². The second-order valence-corrected chi connectivity index (χ2v) is 11.0. The van der Waals surface area contributed by atoms with Gasteiger partial charge >= 0.3 is 0 Å². The lowest BCUT2D eigenvalue weighted by Crippen LogP contribution is -2.74. The first kappa shape index (κ1) is 20.7. The van der Waals surface area contributed by atoms with Crippen molar-refractivity contribution >= 4 is 11.6 Å². The Balaban J connectivity index is 0.000000937. The SMILES string of the molecule is CC1(C)OC2C(O)C3C(C(=O)C=CC3(C)C)C3CCC4C(O1)C32C(=O)C41CN1.NO. The summed E-state index contributed by atoms with van der Waals surface area (Å²) in [7, 11) is 0. The fourth-order valence-electron chi connectivity index (χ4n) is 7.86. The van der Waals surface area contributed by atoms with E-state index in [2.05, 4.69) is 25.1 Å². The number of rotatable bonds is 0. The topological polar surface area (TPSA) is 141 Å². The molecule has 0 aromatic rings. The van der Waals surface area contributed by atoms with Gasteiger partial charge in [0.1, 0.15) is 6.10 Å². The Hall–Kier alpha value is -1.16. The van der Waals surface area contributed by atoms with Gasteiger partial charge in [0, 0.05) is 24.3 Å². The molecular formula is C22H32N2O6. The van der Waals surface area contributed by atoms with E-state index in [1.807, 2.05) is 19.9 Å². The minimum atomic E-state index is -0.931. The van der Waals surface area contributed by atoms with E-state index in [9.17, 15) is 14.7 Å². The molecule has 0 aromatic carbocycles. The molecule has 4 aliphatic carbocycles. The van der Waals surface area contributed by atoms with Gasteiger partial charge < -0.3 is 25.1 Å². The van der Waals surface area contributed by atoms with Gasteiger partial charge in [-0.1, -0.05) is 19.9 Å². The van der Waals surface area contributed by atoms with Crippen molar-refractivity contribution in [3.8, 4) is 0 Å². The molecule has 0 amide bonds. The molecule has 5 fully saturated rings. The number of ketones is 2. The number of carbonyl (C=O) groups excluding carboxylic acids is 2. The molecule has 166 valence electrons. The van der Waals surface area contributed by atoms with E-state index in [-0.39, 0.29) is 46.8 Å². The van der Waals surface area contributed by atoms with Gasteiger partial charge in [-0.2, -0.15) is 0 Å². The Labute approximate surface area is 176 Å². The van der Waals surface area contributed by atoms with Crippen LogP contribution in [0, 0.1) is 34.5 Å². The molecule has 2 saturated heterocycles. The predicted octanol–water partition coefficient (Wildman–Crippen LogP) is 0.550. The van der Waals surface area contributed by atoms with Gasteiger partial charge in [0.05, 0.1) is 23.2 Å². The number of carbonyl (C=O) groups is 2. The number of allylic oxidation sites excluding steroid dienone is 2. The van der Waals surface area contributed by atoms with E-state index < -0.39 is 28.9 Å². The largest absolute Gasteiger partial charge is 0.390 e. The van der Waals surface area contributed by atoms with Crippen LogP contribution in [-0.2, 0) is 19.1 Å². The molecule has 3 saturated carbocycles. The van der Waals surface area contributed by atoms with Crippen molar-refractivity contribution in [1.82, 2.24) is 5.32 Å². The Kier molecular flexibility index (Phi) is 4.14. The molecule has 30 heavy (non-hydrogen) atoms. The van der Waals surface area contributed by atoms with Gasteiger partial charge in [-0.15, -0.1) is 0 Å². The molecular weight excluding hydrogens is 388 g/mol. The molecule has 6 rings (SSSR count). The van der Waals surface area contributed by atoms with Crippen LogP contribution >= 0.6 is 0 Å². The molecule has 8 heteroatoms. The van der Waals surface area contributed by atoms with Crippen LogP contribution in [0.3, 0.4) is 0 Å². The van der Waals surface area contributed by atoms with Crippen molar-refractivity contribution in [2.24, 2.45) is 40.4 Å². The maximum Gasteiger partial charge on any atom is 0.166 e. The summed E-state index contributed by atoms with van der Waals surface area (Å²) in [5.41, 5.74) is -1.81. The zero-order chi connectivity index (χ0) is 21.9. The summed E-state index contributed by atoms with van der Waals surface area (Å²) in [6, 6.07) is 0. The Morgan fingerprint density at radius 2 is 1.67 bits per heavy atom. The predicted molar refractivity (Wildman–Crippen MR) is 105 cm³/mol. The summed E-state index contributed by atoms with van der Waals surface area (Å²) in [6.07, 6.45) is 3.45. The van der Waals surface area contributed by atoms with Crippen molar-refractivity contribution in [2.45, 2.75) is 70.2 Å². The Morgan fingerprint density at radius 3 is 2.30 bits per heavy atom. The molecule has 2 aliphatic heterocycles. The van der Waals surface area contributed by atoms with Crippen molar-refractivity contribution in [2.75, 3.05) is 6.54 Å². The maximum atomic E-state index is 14.0. The Morgan fingerprint density at radius 1 is 1.07 bits per heavy atom. The van der Waals surface area contributed by atoms with Gasteiger partial charge in [0.15, 0.2) is 17.4 Å². The summed E-state index contributed by atoms with van der Waals surface area (Å²) in [5, 5.41) is 21.5. The highest BCUT2D eigenvalue weighted by Gasteiger charge is 2.84.